The number of hydrogen-bond donors (Lipinski definition) is 1. The van der Waals surface area contributed by atoms with Crippen molar-refractivity contribution in [2.45, 2.75) is 32.0 Å². The molecule has 0 bridgehead atoms. The molecule has 18 heavy (non-hydrogen) atoms. The SMILES string of the molecule is C=C(C)CC(Cc1cccc(C(F)(F)F)c1)NC. The summed E-state index contributed by atoms with van der Waals surface area (Å²) in [5.74, 6) is 0. The molecule has 0 fully saturated rings. The standard InChI is InChI=1S/C14H18F3N/c1-10(2)7-13(18-3)9-11-5-4-6-12(8-11)14(15,16)17/h4-6,8,13,18H,1,7,9H2,2-3H3. The van der Waals surface area contributed by atoms with Gasteiger partial charge in [-0.05, 0) is 38.4 Å². The van der Waals surface area contributed by atoms with Crippen LogP contribution in [0, 0.1) is 0 Å². The first kappa shape index (κ1) is 14.8. The highest BCUT2D eigenvalue weighted by molar-refractivity contribution is 5.26. The number of rotatable bonds is 5. The van der Waals surface area contributed by atoms with Crippen LogP contribution in [0.2, 0.25) is 0 Å². The summed E-state index contributed by atoms with van der Waals surface area (Å²) in [5, 5.41) is 3.10. The summed E-state index contributed by atoms with van der Waals surface area (Å²) in [5.41, 5.74) is 1.11. The van der Waals surface area contributed by atoms with E-state index in [1.807, 2.05) is 6.92 Å². The molecule has 0 heterocycles. The number of alkyl halides is 3. The Hall–Kier alpha value is -1.29. The summed E-state index contributed by atoms with van der Waals surface area (Å²) in [6.07, 6.45) is -2.96. The Kier molecular flexibility index (Phi) is 4.96. The molecule has 1 aromatic rings. The molecule has 1 nitrogen and oxygen atoms in total. The molecule has 0 saturated heterocycles. The molecule has 0 spiro atoms. The fourth-order valence-electron chi connectivity index (χ4n) is 1.86. The van der Waals surface area contributed by atoms with Gasteiger partial charge in [0.2, 0.25) is 0 Å². The Bertz CT molecular complexity index is 410. The van der Waals surface area contributed by atoms with Crippen molar-refractivity contribution in [2.24, 2.45) is 0 Å². The van der Waals surface area contributed by atoms with Gasteiger partial charge in [0.05, 0.1) is 5.56 Å². The van der Waals surface area contributed by atoms with Crippen molar-refractivity contribution in [3.8, 4) is 0 Å². The van der Waals surface area contributed by atoms with Crippen LogP contribution < -0.4 is 5.32 Å². The average molecular weight is 257 g/mol. The molecule has 0 aliphatic heterocycles. The van der Waals surface area contributed by atoms with Crippen LogP contribution in [0.25, 0.3) is 0 Å². The minimum atomic E-state index is -4.28. The summed E-state index contributed by atoms with van der Waals surface area (Å²) in [4.78, 5) is 0. The number of benzene rings is 1. The van der Waals surface area contributed by atoms with E-state index in [0.29, 0.717) is 12.0 Å². The van der Waals surface area contributed by atoms with Gasteiger partial charge < -0.3 is 5.32 Å². The molecular formula is C14H18F3N. The molecule has 1 aromatic carbocycles. The van der Waals surface area contributed by atoms with Gasteiger partial charge in [-0.2, -0.15) is 13.2 Å². The maximum absolute atomic E-state index is 12.6. The molecule has 0 aliphatic rings. The summed E-state index contributed by atoms with van der Waals surface area (Å²) in [6, 6.07) is 5.59. The molecule has 4 heteroatoms. The van der Waals surface area contributed by atoms with Gasteiger partial charge >= 0.3 is 6.18 Å². The molecule has 1 rings (SSSR count). The van der Waals surface area contributed by atoms with Gasteiger partial charge in [0, 0.05) is 6.04 Å². The van der Waals surface area contributed by atoms with E-state index in [0.717, 1.165) is 18.1 Å². The van der Waals surface area contributed by atoms with Crippen molar-refractivity contribution in [3.05, 3.63) is 47.5 Å². The van der Waals surface area contributed by atoms with E-state index in [2.05, 4.69) is 11.9 Å². The normalized spacial score (nSPS) is 13.4. The Balaban J connectivity index is 2.81. The first-order valence-corrected chi connectivity index (χ1v) is 5.80. The molecule has 0 radical (unpaired) electrons. The van der Waals surface area contributed by atoms with Gasteiger partial charge in [-0.1, -0.05) is 23.8 Å². The second kappa shape index (κ2) is 6.05. The van der Waals surface area contributed by atoms with Crippen molar-refractivity contribution in [2.75, 3.05) is 7.05 Å². The largest absolute Gasteiger partial charge is 0.416 e. The van der Waals surface area contributed by atoms with Crippen molar-refractivity contribution in [1.82, 2.24) is 5.32 Å². The summed E-state index contributed by atoms with van der Waals surface area (Å²) >= 11 is 0. The van der Waals surface area contributed by atoms with Crippen molar-refractivity contribution in [3.63, 3.8) is 0 Å². The topological polar surface area (TPSA) is 12.0 Å². The number of nitrogens with one attached hydrogen (secondary N) is 1. The highest BCUT2D eigenvalue weighted by Gasteiger charge is 2.30. The lowest BCUT2D eigenvalue weighted by atomic mass is 9.99. The molecule has 0 aliphatic carbocycles. The zero-order valence-corrected chi connectivity index (χ0v) is 10.6. The summed E-state index contributed by atoms with van der Waals surface area (Å²) in [7, 11) is 1.81. The fourth-order valence-corrected chi connectivity index (χ4v) is 1.86. The van der Waals surface area contributed by atoms with Crippen molar-refractivity contribution < 1.29 is 13.2 Å². The summed E-state index contributed by atoms with van der Waals surface area (Å²) < 4.78 is 37.7. The van der Waals surface area contributed by atoms with Crippen LogP contribution in [0.15, 0.2) is 36.4 Å². The van der Waals surface area contributed by atoms with Crippen molar-refractivity contribution in [1.29, 1.82) is 0 Å². The average Bonchev–Trinajstić information content (AvgIpc) is 2.26. The van der Waals surface area contributed by atoms with Gasteiger partial charge in [0.15, 0.2) is 0 Å². The summed E-state index contributed by atoms with van der Waals surface area (Å²) in [6.45, 7) is 5.73. The quantitative estimate of drug-likeness (QED) is 0.791. The number of hydrogen-bond acceptors (Lipinski definition) is 1. The molecule has 1 unspecified atom stereocenters. The van der Waals surface area contributed by atoms with Crippen LogP contribution in [0.4, 0.5) is 13.2 Å². The van der Waals surface area contributed by atoms with E-state index in [4.69, 9.17) is 0 Å². The van der Waals surface area contributed by atoms with E-state index in [9.17, 15) is 13.2 Å². The second-order valence-corrected chi connectivity index (χ2v) is 4.55. The maximum atomic E-state index is 12.6. The lowest BCUT2D eigenvalue weighted by molar-refractivity contribution is -0.137. The van der Waals surface area contributed by atoms with Crippen LogP contribution in [0.5, 0.6) is 0 Å². The first-order chi connectivity index (χ1) is 8.32. The minimum absolute atomic E-state index is 0.117. The van der Waals surface area contributed by atoms with Crippen LogP contribution in [-0.2, 0) is 12.6 Å². The zero-order valence-electron chi connectivity index (χ0n) is 10.6. The predicted molar refractivity (Wildman–Crippen MR) is 67.4 cm³/mol. The Morgan fingerprint density at radius 1 is 1.39 bits per heavy atom. The van der Waals surface area contributed by atoms with E-state index in [-0.39, 0.29) is 6.04 Å². The van der Waals surface area contributed by atoms with Crippen molar-refractivity contribution >= 4 is 0 Å². The highest BCUT2D eigenvalue weighted by atomic mass is 19.4. The highest BCUT2D eigenvalue weighted by Crippen LogP contribution is 2.29. The zero-order chi connectivity index (χ0) is 13.8. The minimum Gasteiger partial charge on any atom is -0.316 e. The number of halogens is 3. The third-order valence-electron chi connectivity index (χ3n) is 2.74. The molecular weight excluding hydrogens is 239 g/mol. The molecule has 1 atom stereocenters. The molecule has 0 aromatic heterocycles. The smallest absolute Gasteiger partial charge is 0.316 e. The third kappa shape index (κ3) is 4.53. The lowest BCUT2D eigenvalue weighted by Gasteiger charge is -2.17. The van der Waals surface area contributed by atoms with Crippen LogP contribution in [0.3, 0.4) is 0 Å². The van der Waals surface area contributed by atoms with Gasteiger partial charge in [-0.15, -0.1) is 6.58 Å². The van der Waals surface area contributed by atoms with Gasteiger partial charge in [0.25, 0.3) is 0 Å². The fraction of sp³-hybridized carbons (Fsp3) is 0.429. The van der Waals surface area contributed by atoms with Gasteiger partial charge in [-0.25, -0.2) is 0 Å². The van der Waals surface area contributed by atoms with E-state index < -0.39 is 11.7 Å². The van der Waals surface area contributed by atoms with Gasteiger partial charge in [-0.3, -0.25) is 0 Å². The number of likely N-dealkylation sites (N-methyl/N-ethyl adjacent to an activating group) is 1. The Morgan fingerprint density at radius 2 is 2.06 bits per heavy atom. The van der Waals surface area contributed by atoms with Crippen LogP contribution in [-0.4, -0.2) is 13.1 Å². The van der Waals surface area contributed by atoms with E-state index >= 15 is 0 Å². The third-order valence-corrected chi connectivity index (χ3v) is 2.74. The second-order valence-electron chi connectivity index (χ2n) is 4.55. The Morgan fingerprint density at radius 3 is 2.56 bits per heavy atom. The van der Waals surface area contributed by atoms with Gasteiger partial charge in [0.1, 0.15) is 0 Å². The monoisotopic (exact) mass is 257 g/mol. The molecule has 0 amide bonds. The molecule has 0 saturated carbocycles. The van der Waals surface area contributed by atoms with Crippen LogP contribution >= 0.6 is 0 Å². The Labute approximate surface area is 106 Å². The van der Waals surface area contributed by atoms with E-state index in [1.165, 1.54) is 12.1 Å². The molecule has 100 valence electrons. The van der Waals surface area contributed by atoms with E-state index in [1.54, 1.807) is 13.1 Å². The first-order valence-electron chi connectivity index (χ1n) is 5.80. The molecule has 1 N–H and O–H groups in total. The maximum Gasteiger partial charge on any atom is 0.416 e. The lowest BCUT2D eigenvalue weighted by Crippen LogP contribution is -2.27. The predicted octanol–water partition coefficient (Wildman–Crippen LogP) is 3.80. The van der Waals surface area contributed by atoms with Crippen LogP contribution in [0.1, 0.15) is 24.5 Å².